The summed E-state index contributed by atoms with van der Waals surface area (Å²) in [5.74, 6) is 6.64. The van der Waals surface area contributed by atoms with Gasteiger partial charge in [-0.15, -0.1) is 11.6 Å². The predicted molar refractivity (Wildman–Crippen MR) is 77.6 cm³/mol. The molecule has 2 nitrogen and oxygen atoms in total. The molecule has 96 valence electrons. The number of pyridine rings is 1. The van der Waals surface area contributed by atoms with Gasteiger partial charge in [-0.05, 0) is 23.8 Å². The fraction of sp³-hybridized carbons (Fsp3) is 0.133. The summed E-state index contributed by atoms with van der Waals surface area (Å²) in [6, 6.07) is 9.37. The summed E-state index contributed by atoms with van der Waals surface area (Å²) in [5.41, 5.74) is 1.79. The van der Waals surface area contributed by atoms with Gasteiger partial charge in [0.25, 0.3) is 0 Å². The normalized spacial score (nSPS) is 9.58. The van der Waals surface area contributed by atoms with Crippen LogP contribution in [-0.4, -0.2) is 10.9 Å². The zero-order valence-corrected chi connectivity index (χ0v) is 11.6. The summed E-state index contributed by atoms with van der Waals surface area (Å²) in [6.07, 6.45) is 3.32. The van der Waals surface area contributed by atoms with Crippen LogP contribution >= 0.6 is 23.2 Å². The van der Waals surface area contributed by atoms with Crippen molar-refractivity contribution in [2.45, 2.75) is 6.61 Å². The average molecular weight is 292 g/mol. The monoisotopic (exact) mass is 291 g/mol. The van der Waals surface area contributed by atoms with Crippen molar-refractivity contribution < 1.29 is 4.74 Å². The summed E-state index contributed by atoms with van der Waals surface area (Å²) in [6.45, 7) is 0.439. The van der Waals surface area contributed by atoms with Crippen molar-refractivity contribution in [2.75, 3.05) is 5.88 Å². The van der Waals surface area contributed by atoms with E-state index in [-0.39, 0.29) is 0 Å². The van der Waals surface area contributed by atoms with E-state index in [4.69, 9.17) is 27.9 Å². The van der Waals surface area contributed by atoms with E-state index in [1.165, 1.54) is 0 Å². The minimum absolute atomic E-state index is 0.299. The fourth-order valence-electron chi connectivity index (χ4n) is 1.50. The molecule has 0 bridgehead atoms. The molecule has 1 aromatic carbocycles. The lowest BCUT2D eigenvalue weighted by molar-refractivity contribution is 0.305. The molecule has 0 saturated heterocycles. The fourth-order valence-corrected chi connectivity index (χ4v) is 1.77. The van der Waals surface area contributed by atoms with E-state index >= 15 is 0 Å². The van der Waals surface area contributed by atoms with Crippen LogP contribution in [0.15, 0.2) is 42.7 Å². The lowest BCUT2D eigenvalue weighted by Gasteiger charge is -2.06. The van der Waals surface area contributed by atoms with Crippen molar-refractivity contribution in [3.8, 4) is 17.6 Å². The standard InChI is InChI=1S/C15H11Cl2NO/c16-6-2-4-12-8-15(10-18-9-12)19-11-13-3-1-5-14(17)7-13/h1,3,5,7-10H,6,11H2. The summed E-state index contributed by atoms with van der Waals surface area (Å²) in [5, 5.41) is 0.695. The molecule has 0 radical (unpaired) electrons. The minimum atomic E-state index is 0.299. The number of hydrogen-bond acceptors (Lipinski definition) is 2. The summed E-state index contributed by atoms with van der Waals surface area (Å²) >= 11 is 11.4. The highest BCUT2D eigenvalue weighted by atomic mass is 35.5. The highest BCUT2D eigenvalue weighted by Crippen LogP contribution is 2.15. The van der Waals surface area contributed by atoms with Crippen LogP contribution in [0.3, 0.4) is 0 Å². The van der Waals surface area contributed by atoms with Gasteiger partial charge in [-0.3, -0.25) is 4.98 Å². The van der Waals surface area contributed by atoms with Crippen LogP contribution in [0.25, 0.3) is 0 Å². The average Bonchev–Trinajstić information content (AvgIpc) is 2.43. The van der Waals surface area contributed by atoms with Gasteiger partial charge in [-0.2, -0.15) is 0 Å². The maximum Gasteiger partial charge on any atom is 0.139 e. The van der Waals surface area contributed by atoms with Gasteiger partial charge in [0.05, 0.1) is 12.1 Å². The van der Waals surface area contributed by atoms with Crippen molar-refractivity contribution in [3.63, 3.8) is 0 Å². The van der Waals surface area contributed by atoms with E-state index in [2.05, 4.69) is 16.8 Å². The number of ether oxygens (including phenoxy) is 1. The second kappa shape index (κ2) is 7.04. The van der Waals surface area contributed by atoms with Crippen molar-refractivity contribution in [3.05, 3.63) is 58.9 Å². The van der Waals surface area contributed by atoms with E-state index < -0.39 is 0 Å². The van der Waals surface area contributed by atoms with Gasteiger partial charge in [0.2, 0.25) is 0 Å². The van der Waals surface area contributed by atoms with Crippen LogP contribution in [0.4, 0.5) is 0 Å². The Morgan fingerprint density at radius 3 is 2.89 bits per heavy atom. The van der Waals surface area contributed by atoms with Crippen molar-refractivity contribution in [2.24, 2.45) is 0 Å². The molecule has 0 aliphatic rings. The number of alkyl halides is 1. The number of hydrogen-bond donors (Lipinski definition) is 0. The molecule has 2 rings (SSSR count). The van der Waals surface area contributed by atoms with Crippen LogP contribution in [0.5, 0.6) is 5.75 Å². The zero-order chi connectivity index (χ0) is 13.5. The molecule has 0 fully saturated rings. The first-order valence-electron chi connectivity index (χ1n) is 5.65. The molecule has 0 atom stereocenters. The number of rotatable bonds is 3. The Morgan fingerprint density at radius 2 is 2.11 bits per heavy atom. The van der Waals surface area contributed by atoms with Gasteiger partial charge in [-0.1, -0.05) is 35.6 Å². The van der Waals surface area contributed by atoms with E-state index in [0.29, 0.717) is 23.3 Å². The molecule has 1 aromatic heterocycles. The number of aromatic nitrogens is 1. The largest absolute Gasteiger partial charge is 0.487 e. The first-order chi connectivity index (χ1) is 9.28. The minimum Gasteiger partial charge on any atom is -0.487 e. The van der Waals surface area contributed by atoms with E-state index in [9.17, 15) is 0 Å². The van der Waals surface area contributed by atoms with Crippen LogP contribution in [-0.2, 0) is 6.61 Å². The topological polar surface area (TPSA) is 22.1 Å². The molecule has 0 amide bonds. The van der Waals surface area contributed by atoms with Crippen molar-refractivity contribution in [1.29, 1.82) is 0 Å². The van der Waals surface area contributed by atoms with Gasteiger partial charge in [0.1, 0.15) is 12.4 Å². The lowest BCUT2D eigenvalue weighted by atomic mass is 10.2. The quantitative estimate of drug-likeness (QED) is 0.632. The summed E-state index contributed by atoms with van der Waals surface area (Å²) in [7, 11) is 0. The molecular formula is C15H11Cl2NO. The highest BCUT2D eigenvalue weighted by molar-refractivity contribution is 6.30. The number of benzene rings is 1. The molecule has 2 aromatic rings. The molecule has 0 saturated carbocycles. The third-order valence-electron chi connectivity index (χ3n) is 2.31. The van der Waals surface area contributed by atoms with Crippen LogP contribution in [0.2, 0.25) is 5.02 Å². The zero-order valence-electron chi connectivity index (χ0n) is 10.1. The van der Waals surface area contributed by atoms with E-state index in [0.717, 1.165) is 11.1 Å². The number of nitrogens with zero attached hydrogens (tertiary/aromatic N) is 1. The Morgan fingerprint density at radius 1 is 1.21 bits per heavy atom. The SMILES string of the molecule is ClCC#Cc1cncc(OCc2cccc(Cl)c2)c1. The molecule has 0 N–H and O–H groups in total. The van der Waals surface area contributed by atoms with Gasteiger partial charge >= 0.3 is 0 Å². The molecule has 0 aliphatic heterocycles. The number of halogens is 2. The predicted octanol–water partition coefficient (Wildman–Crippen LogP) is 3.90. The Labute approximate surface area is 122 Å². The Kier molecular flexibility index (Phi) is 5.09. The van der Waals surface area contributed by atoms with Gasteiger partial charge in [-0.25, -0.2) is 0 Å². The highest BCUT2D eigenvalue weighted by Gasteiger charge is 1.98. The molecule has 0 unspecified atom stereocenters. The summed E-state index contributed by atoms with van der Waals surface area (Å²) < 4.78 is 5.65. The first-order valence-corrected chi connectivity index (χ1v) is 6.56. The molecular weight excluding hydrogens is 281 g/mol. The lowest BCUT2D eigenvalue weighted by Crippen LogP contribution is -1.96. The van der Waals surface area contributed by atoms with Crippen molar-refractivity contribution >= 4 is 23.2 Å². The van der Waals surface area contributed by atoms with Crippen LogP contribution in [0.1, 0.15) is 11.1 Å². The van der Waals surface area contributed by atoms with Crippen molar-refractivity contribution in [1.82, 2.24) is 4.98 Å². The van der Waals surface area contributed by atoms with Gasteiger partial charge in [0, 0.05) is 16.8 Å². The second-order valence-corrected chi connectivity index (χ2v) is 4.47. The molecule has 0 aliphatic carbocycles. The first kappa shape index (κ1) is 13.7. The van der Waals surface area contributed by atoms with E-state index in [1.807, 2.05) is 30.3 Å². The van der Waals surface area contributed by atoms with Crippen LogP contribution in [0, 0.1) is 11.8 Å². The Bertz CT molecular complexity index is 617. The molecule has 0 spiro atoms. The summed E-state index contributed by atoms with van der Waals surface area (Å²) in [4.78, 5) is 4.07. The smallest absolute Gasteiger partial charge is 0.139 e. The third-order valence-corrected chi connectivity index (χ3v) is 2.68. The van der Waals surface area contributed by atoms with Gasteiger partial charge in [0.15, 0.2) is 0 Å². The third kappa shape index (κ3) is 4.48. The van der Waals surface area contributed by atoms with E-state index in [1.54, 1.807) is 12.4 Å². The van der Waals surface area contributed by atoms with Gasteiger partial charge < -0.3 is 4.74 Å². The Hall–Kier alpha value is -1.69. The Balaban J connectivity index is 2.03. The molecule has 1 heterocycles. The molecule has 4 heteroatoms. The maximum absolute atomic E-state index is 5.91. The maximum atomic E-state index is 5.91. The molecule has 19 heavy (non-hydrogen) atoms. The second-order valence-electron chi connectivity index (χ2n) is 3.76. The van der Waals surface area contributed by atoms with Crippen LogP contribution < -0.4 is 4.74 Å².